The molecule has 1 aliphatic rings. The third kappa shape index (κ3) is 3.74. The molecule has 1 N–H and O–H groups in total. The molecule has 1 fully saturated rings. The first-order chi connectivity index (χ1) is 13.2. The highest BCUT2D eigenvalue weighted by molar-refractivity contribution is 5.91. The first-order valence-corrected chi connectivity index (χ1v) is 9.12. The zero-order valence-corrected chi connectivity index (χ0v) is 14.9. The van der Waals surface area contributed by atoms with E-state index >= 15 is 0 Å². The summed E-state index contributed by atoms with van der Waals surface area (Å²) in [7, 11) is 0. The second-order valence-electron chi connectivity index (χ2n) is 6.97. The molecule has 4 rings (SSSR count). The van der Waals surface area contributed by atoms with Gasteiger partial charge in [-0.1, -0.05) is 42.5 Å². The van der Waals surface area contributed by atoms with E-state index in [2.05, 4.69) is 15.4 Å². The summed E-state index contributed by atoms with van der Waals surface area (Å²) in [6.07, 6.45) is 5.46. The second-order valence-corrected chi connectivity index (χ2v) is 6.97. The number of aromatic nitrogens is 3. The SMILES string of the molecule is O=C(NC(CCn1cncn1)c1ccccc1)C1(c2ccc(F)cc2)CC1. The average Bonchev–Trinajstić information content (AvgIpc) is 3.35. The third-order valence-corrected chi connectivity index (χ3v) is 5.20. The van der Waals surface area contributed by atoms with Crippen LogP contribution in [-0.4, -0.2) is 20.7 Å². The molecule has 138 valence electrons. The molecule has 1 aromatic heterocycles. The molecule has 0 spiro atoms. The van der Waals surface area contributed by atoms with Crippen molar-refractivity contribution in [3.05, 3.63) is 84.2 Å². The lowest BCUT2D eigenvalue weighted by atomic mass is 9.93. The van der Waals surface area contributed by atoms with Gasteiger partial charge in [0.25, 0.3) is 0 Å². The molecular formula is C21H21FN4O. The van der Waals surface area contributed by atoms with Crippen molar-refractivity contribution in [3.8, 4) is 0 Å². The Hall–Kier alpha value is -3.02. The zero-order valence-electron chi connectivity index (χ0n) is 14.9. The van der Waals surface area contributed by atoms with Gasteiger partial charge in [0.2, 0.25) is 5.91 Å². The molecule has 1 saturated carbocycles. The second kappa shape index (κ2) is 7.31. The molecule has 5 nitrogen and oxygen atoms in total. The molecule has 2 aromatic carbocycles. The lowest BCUT2D eigenvalue weighted by Crippen LogP contribution is -2.37. The number of benzene rings is 2. The highest BCUT2D eigenvalue weighted by atomic mass is 19.1. The number of carbonyl (C=O) groups is 1. The molecule has 1 heterocycles. The minimum atomic E-state index is -0.534. The molecule has 0 radical (unpaired) electrons. The Labute approximate surface area is 157 Å². The lowest BCUT2D eigenvalue weighted by Gasteiger charge is -2.23. The van der Waals surface area contributed by atoms with Gasteiger partial charge in [-0.2, -0.15) is 5.10 Å². The Balaban J connectivity index is 1.52. The fourth-order valence-corrected chi connectivity index (χ4v) is 3.45. The van der Waals surface area contributed by atoms with Gasteiger partial charge in [0.15, 0.2) is 0 Å². The Bertz CT molecular complexity index is 890. The van der Waals surface area contributed by atoms with Gasteiger partial charge in [0.05, 0.1) is 11.5 Å². The Morgan fingerprint density at radius 3 is 2.52 bits per heavy atom. The number of nitrogens with one attached hydrogen (secondary N) is 1. The minimum absolute atomic E-state index is 0.00144. The minimum Gasteiger partial charge on any atom is -0.348 e. The van der Waals surface area contributed by atoms with Gasteiger partial charge in [0.1, 0.15) is 18.5 Å². The van der Waals surface area contributed by atoms with Crippen LogP contribution in [0.4, 0.5) is 4.39 Å². The summed E-state index contributed by atoms with van der Waals surface area (Å²) in [6.45, 7) is 0.656. The number of hydrogen-bond donors (Lipinski definition) is 1. The van der Waals surface area contributed by atoms with Crippen LogP contribution in [-0.2, 0) is 16.8 Å². The monoisotopic (exact) mass is 364 g/mol. The number of aryl methyl sites for hydroxylation is 1. The fraction of sp³-hybridized carbons (Fsp3) is 0.286. The number of nitrogens with zero attached hydrogens (tertiary/aromatic N) is 3. The van der Waals surface area contributed by atoms with Crippen LogP contribution in [0.5, 0.6) is 0 Å². The molecule has 1 atom stereocenters. The van der Waals surface area contributed by atoms with E-state index in [4.69, 9.17) is 0 Å². The predicted molar refractivity (Wildman–Crippen MR) is 99.3 cm³/mol. The normalized spacial score (nSPS) is 15.9. The summed E-state index contributed by atoms with van der Waals surface area (Å²) >= 11 is 0. The van der Waals surface area contributed by atoms with E-state index in [1.165, 1.54) is 18.5 Å². The third-order valence-electron chi connectivity index (χ3n) is 5.20. The number of hydrogen-bond acceptors (Lipinski definition) is 3. The summed E-state index contributed by atoms with van der Waals surface area (Å²) in [6, 6.07) is 16.1. The molecule has 27 heavy (non-hydrogen) atoms. The van der Waals surface area contributed by atoms with Gasteiger partial charge in [-0.15, -0.1) is 0 Å². The summed E-state index contributed by atoms with van der Waals surface area (Å²) in [5.41, 5.74) is 1.40. The van der Waals surface area contributed by atoms with Crippen LogP contribution in [0.25, 0.3) is 0 Å². The molecule has 1 amide bonds. The maximum absolute atomic E-state index is 13.2. The van der Waals surface area contributed by atoms with E-state index < -0.39 is 5.41 Å². The summed E-state index contributed by atoms with van der Waals surface area (Å²) < 4.78 is 15.0. The van der Waals surface area contributed by atoms with Crippen LogP contribution in [0.15, 0.2) is 67.3 Å². The van der Waals surface area contributed by atoms with Crippen LogP contribution in [0.1, 0.15) is 36.4 Å². The van der Waals surface area contributed by atoms with Crippen molar-refractivity contribution in [1.82, 2.24) is 20.1 Å². The maximum Gasteiger partial charge on any atom is 0.231 e. The number of halogens is 1. The van der Waals surface area contributed by atoms with Crippen LogP contribution in [0.2, 0.25) is 0 Å². The molecule has 0 bridgehead atoms. The Morgan fingerprint density at radius 2 is 1.89 bits per heavy atom. The van der Waals surface area contributed by atoms with Gasteiger partial charge in [-0.25, -0.2) is 9.37 Å². The van der Waals surface area contributed by atoms with E-state index in [0.717, 1.165) is 24.0 Å². The fourth-order valence-electron chi connectivity index (χ4n) is 3.45. The largest absolute Gasteiger partial charge is 0.348 e. The summed E-state index contributed by atoms with van der Waals surface area (Å²) in [4.78, 5) is 17.1. The van der Waals surface area contributed by atoms with Crippen LogP contribution in [0, 0.1) is 5.82 Å². The summed E-state index contributed by atoms with van der Waals surface area (Å²) in [5, 5.41) is 7.35. The van der Waals surface area contributed by atoms with Gasteiger partial charge >= 0.3 is 0 Å². The maximum atomic E-state index is 13.2. The quantitative estimate of drug-likeness (QED) is 0.699. The van der Waals surface area contributed by atoms with Crippen LogP contribution >= 0.6 is 0 Å². The summed E-state index contributed by atoms with van der Waals surface area (Å²) in [5.74, 6) is -0.286. The predicted octanol–water partition coefficient (Wildman–Crippen LogP) is 3.40. The first kappa shape index (κ1) is 17.4. The number of amides is 1. The van der Waals surface area contributed by atoms with E-state index in [0.29, 0.717) is 13.0 Å². The average molecular weight is 364 g/mol. The van der Waals surface area contributed by atoms with E-state index in [1.54, 1.807) is 23.1 Å². The molecule has 0 saturated heterocycles. The molecule has 6 heteroatoms. The lowest BCUT2D eigenvalue weighted by molar-refractivity contribution is -0.124. The molecular weight excluding hydrogens is 343 g/mol. The Morgan fingerprint density at radius 1 is 1.15 bits per heavy atom. The van der Waals surface area contributed by atoms with Crippen molar-refractivity contribution in [2.75, 3.05) is 0 Å². The number of carbonyl (C=O) groups excluding carboxylic acids is 1. The van der Waals surface area contributed by atoms with Crippen LogP contribution < -0.4 is 5.32 Å². The molecule has 0 aliphatic heterocycles. The van der Waals surface area contributed by atoms with Gasteiger partial charge in [-0.3, -0.25) is 9.48 Å². The van der Waals surface area contributed by atoms with Crippen LogP contribution in [0.3, 0.4) is 0 Å². The van der Waals surface area contributed by atoms with E-state index in [-0.39, 0.29) is 17.8 Å². The zero-order chi connectivity index (χ0) is 18.7. The van der Waals surface area contributed by atoms with Crippen molar-refractivity contribution >= 4 is 5.91 Å². The topological polar surface area (TPSA) is 59.8 Å². The van der Waals surface area contributed by atoms with Gasteiger partial charge in [-0.05, 0) is 42.5 Å². The smallest absolute Gasteiger partial charge is 0.231 e. The molecule has 1 aliphatic carbocycles. The number of rotatable bonds is 7. The van der Waals surface area contributed by atoms with Crippen molar-refractivity contribution in [1.29, 1.82) is 0 Å². The van der Waals surface area contributed by atoms with Crippen molar-refractivity contribution in [3.63, 3.8) is 0 Å². The first-order valence-electron chi connectivity index (χ1n) is 9.12. The van der Waals surface area contributed by atoms with Crippen molar-refractivity contribution in [2.45, 2.75) is 37.3 Å². The standard InChI is InChI=1S/C21H21FN4O/c22-18-8-6-17(7-9-18)21(11-12-21)20(27)25-19(16-4-2-1-3-5-16)10-13-26-15-23-14-24-26/h1-9,14-15,19H,10-13H2,(H,25,27). The molecule has 3 aromatic rings. The molecule has 1 unspecified atom stereocenters. The van der Waals surface area contributed by atoms with Crippen molar-refractivity contribution < 1.29 is 9.18 Å². The van der Waals surface area contributed by atoms with Gasteiger partial charge < -0.3 is 5.32 Å². The van der Waals surface area contributed by atoms with Crippen molar-refractivity contribution in [2.24, 2.45) is 0 Å². The Kier molecular flexibility index (Phi) is 4.71. The van der Waals surface area contributed by atoms with Gasteiger partial charge in [0, 0.05) is 6.54 Å². The highest BCUT2D eigenvalue weighted by Gasteiger charge is 2.51. The highest BCUT2D eigenvalue weighted by Crippen LogP contribution is 2.48. The van der Waals surface area contributed by atoms with E-state index in [1.807, 2.05) is 30.3 Å². The van der Waals surface area contributed by atoms with E-state index in [9.17, 15) is 9.18 Å².